The van der Waals surface area contributed by atoms with Gasteiger partial charge >= 0.3 is 17.9 Å². The Morgan fingerprint density at radius 2 is 1.86 bits per heavy atom. The molecule has 0 aromatic heterocycles. The molecule has 0 aromatic carbocycles. The van der Waals surface area contributed by atoms with Gasteiger partial charge in [0.2, 0.25) is 6.29 Å². The molecule has 1 unspecified atom stereocenters. The number of ether oxygens (including phenoxy) is 3. The number of aldehydes is 1. The maximum Gasteiger partial charge on any atom is 0.347 e. The second-order valence-corrected chi connectivity index (χ2v) is 11.1. The first-order chi connectivity index (χ1) is 17.0. The molecule has 0 radical (unpaired) electrons. The number of carbonyl (C=O) groups excluding carboxylic acids is 4. The van der Waals surface area contributed by atoms with Gasteiger partial charge in [0, 0.05) is 6.92 Å². The van der Waals surface area contributed by atoms with Crippen LogP contribution in [0.4, 0.5) is 0 Å². The second kappa shape index (κ2) is 11.4. The first-order valence-corrected chi connectivity index (χ1v) is 13.1. The van der Waals surface area contributed by atoms with Crippen LogP contribution in [0.3, 0.4) is 0 Å². The van der Waals surface area contributed by atoms with Crippen molar-refractivity contribution in [1.29, 1.82) is 0 Å². The Kier molecular flexibility index (Phi) is 8.98. The van der Waals surface area contributed by atoms with Gasteiger partial charge in [-0.3, -0.25) is 14.4 Å². The predicted octanol–water partition coefficient (Wildman–Crippen LogP) is 2.99. The number of aliphatic hydroxyl groups is 2. The van der Waals surface area contributed by atoms with Crippen molar-refractivity contribution in [3.63, 3.8) is 0 Å². The van der Waals surface area contributed by atoms with Crippen molar-refractivity contribution in [2.24, 2.45) is 22.7 Å². The molecule has 7 atom stereocenters. The Morgan fingerprint density at radius 1 is 1.19 bits per heavy atom. The highest BCUT2D eigenvalue weighted by molar-refractivity contribution is 5.87. The number of allylic oxidation sites excluding steroid dienone is 1. The summed E-state index contributed by atoms with van der Waals surface area (Å²) in [5.74, 6) is -3.70. The molecule has 1 saturated carbocycles. The minimum absolute atomic E-state index is 0.187. The SMILES string of the molecule is CCCCCCCCC(OC(C)=O)C(=O)O[C@H]1CC(C)(C)[C@@H]2CC=C(C=O)[C@@H]3[C@@H](O)OC(=O)[C@@]32[C@H]1O. The number of rotatable bonds is 11. The zero-order chi connectivity index (χ0) is 26.7. The average Bonchev–Trinajstić information content (AvgIpc) is 3.08. The van der Waals surface area contributed by atoms with Crippen LogP contribution in [0.15, 0.2) is 11.6 Å². The number of hydrogen-bond acceptors (Lipinski definition) is 9. The molecule has 36 heavy (non-hydrogen) atoms. The summed E-state index contributed by atoms with van der Waals surface area (Å²) >= 11 is 0. The smallest absolute Gasteiger partial charge is 0.347 e. The highest BCUT2D eigenvalue weighted by atomic mass is 16.6. The minimum Gasteiger partial charge on any atom is -0.457 e. The van der Waals surface area contributed by atoms with E-state index in [9.17, 15) is 29.4 Å². The van der Waals surface area contributed by atoms with Gasteiger partial charge in [-0.25, -0.2) is 4.79 Å². The van der Waals surface area contributed by atoms with Crippen LogP contribution in [0.2, 0.25) is 0 Å². The Hall–Kier alpha value is -2.26. The number of hydrogen-bond donors (Lipinski definition) is 2. The first-order valence-electron chi connectivity index (χ1n) is 13.1. The lowest BCUT2D eigenvalue weighted by atomic mass is 9.46. The maximum absolute atomic E-state index is 13.2. The van der Waals surface area contributed by atoms with Crippen molar-refractivity contribution in [2.75, 3.05) is 0 Å². The third-order valence-corrected chi connectivity index (χ3v) is 8.21. The third-order valence-electron chi connectivity index (χ3n) is 8.21. The summed E-state index contributed by atoms with van der Waals surface area (Å²) in [7, 11) is 0. The molecule has 1 aliphatic heterocycles. The summed E-state index contributed by atoms with van der Waals surface area (Å²) in [5, 5.41) is 22.1. The summed E-state index contributed by atoms with van der Waals surface area (Å²) in [6.45, 7) is 7.16. The normalized spacial score (nSPS) is 33.4. The Bertz CT molecular complexity index is 878. The molecular weight excluding hydrogens is 468 g/mol. The standard InChI is InChI=1S/C27H40O9/c1-5-6-7-8-9-10-11-18(34-16(2)29)23(31)35-19-14-26(3,4)20-13-12-17(15-28)21-24(32)36-25(33)27(20,21)22(19)30/h12,15,18-22,24,30,32H,5-11,13-14H2,1-4H3/t18?,19-,20-,21+,22-,24-,27+/m0/s1. The zero-order valence-corrected chi connectivity index (χ0v) is 21.7. The molecule has 2 fully saturated rings. The van der Waals surface area contributed by atoms with Gasteiger partial charge < -0.3 is 24.4 Å². The lowest BCUT2D eigenvalue weighted by Gasteiger charge is -2.56. The molecular formula is C27H40O9. The fourth-order valence-electron chi connectivity index (χ4n) is 6.56. The van der Waals surface area contributed by atoms with Crippen LogP contribution in [0.1, 0.15) is 85.5 Å². The zero-order valence-electron chi connectivity index (χ0n) is 21.7. The van der Waals surface area contributed by atoms with Gasteiger partial charge in [-0.05, 0) is 42.6 Å². The van der Waals surface area contributed by atoms with Gasteiger partial charge in [-0.1, -0.05) is 59.0 Å². The van der Waals surface area contributed by atoms with Crippen molar-refractivity contribution < 1.29 is 43.6 Å². The van der Waals surface area contributed by atoms with Crippen molar-refractivity contribution in [1.82, 2.24) is 0 Å². The van der Waals surface area contributed by atoms with Crippen LogP contribution in [0, 0.1) is 22.7 Å². The van der Waals surface area contributed by atoms with E-state index in [2.05, 4.69) is 6.92 Å². The molecule has 3 rings (SSSR count). The number of aliphatic hydroxyl groups excluding tert-OH is 2. The van der Waals surface area contributed by atoms with E-state index in [4.69, 9.17) is 14.2 Å². The van der Waals surface area contributed by atoms with E-state index < -0.39 is 65.2 Å². The Labute approximate surface area is 212 Å². The molecule has 0 bridgehead atoms. The number of cyclic esters (lactones) is 1. The van der Waals surface area contributed by atoms with Crippen molar-refractivity contribution in [2.45, 2.75) is 110 Å². The van der Waals surface area contributed by atoms with Gasteiger partial charge in [-0.15, -0.1) is 0 Å². The highest BCUT2D eigenvalue weighted by Crippen LogP contribution is 2.63. The van der Waals surface area contributed by atoms with Crippen LogP contribution in [-0.2, 0) is 33.4 Å². The predicted molar refractivity (Wildman–Crippen MR) is 128 cm³/mol. The molecule has 3 aliphatic rings. The van der Waals surface area contributed by atoms with E-state index in [1.807, 2.05) is 13.8 Å². The van der Waals surface area contributed by atoms with E-state index >= 15 is 0 Å². The summed E-state index contributed by atoms with van der Waals surface area (Å²) in [6.07, 6.45) is 3.77. The molecule has 1 heterocycles. The Morgan fingerprint density at radius 3 is 2.50 bits per heavy atom. The van der Waals surface area contributed by atoms with Crippen LogP contribution < -0.4 is 0 Å². The van der Waals surface area contributed by atoms with Crippen LogP contribution in [0.5, 0.6) is 0 Å². The molecule has 2 N–H and O–H groups in total. The largest absolute Gasteiger partial charge is 0.457 e. The van der Waals surface area contributed by atoms with Gasteiger partial charge in [0.15, 0.2) is 6.10 Å². The van der Waals surface area contributed by atoms with E-state index in [-0.39, 0.29) is 12.0 Å². The average molecular weight is 509 g/mol. The number of unbranched alkanes of at least 4 members (excludes halogenated alkanes) is 5. The summed E-state index contributed by atoms with van der Waals surface area (Å²) in [4.78, 5) is 49.8. The lowest BCUT2D eigenvalue weighted by molar-refractivity contribution is -0.212. The van der Waals surface area contributed by atoms with E-state index in [0.717, 1.165) is 32.1 Å². The highest BCUT2D eigenvalue weighted by Gasteiger charge is 2.73. The quantitative estimate of drug-likeness (QED) is 0.187. The molecule has 1 spiro atoms. The number of esters is 3. The molecule has 0 amide bonds. The topological polar surface area (TPSA) is 136 Å². The van der Waals surface area contributed by atoms with Gasteiger partial charge in [0.1, 0.15) is 23.9 Å². The summed E-state index contributed by atoms with van der Waals surface area (Å²) in [5.41, 5.74) is -2.05. The maximum atomic E-state index is 13.2. The van der Waals surface area contributed by atoms with E-state index in [1.54, 1.807) is 6.08 Å². The van der Waals surface area contributed by atoms with Crippen LogP contribution in [0.25, 0.3) is 0 Å². The second-order valence-electron chi connectivity index (χ2n) is 11.1. The molecule has 9 heteroatoms. The third kappa shape index (κ3) is 5.23. The monoisotopic (exact) mass is 508 g/mol. The molecule has 202 valence electrons. The van der Waals surface area contributed by atoms with E-state index in [1.165, 1.54) is 6.92 Å². The summed E-state index contributed by atoms with van der Waals surface area (Å²) < 4.78 is 16.1. The Balaban J connectivity index is 1.81. The van der Waals surface area contributed by atoms with E-state index in [0.29, 0.717) is 25.5 Å². The molecule has 1 saturated heterocycles. The fourth-order valence-corrected chi connectivity index (χ4v) is 6.56. The molecule has 0 aromatic rings. The lowest BCUT2D eigenvalue weighted by Crippen LogP contribution is -2.65. The molecule has 9 nitrogen and oxygen atoms in total. The van der Waals surface area contributed by atoms with Gasteiger partial charge in [0.25, 0.3) is 0 Å². The van der Waals surface area contributed by atoms with Gasteiger partial charge in [0.05, 0.1) is 5.92 Å². The van der Waals surface area contributed by atoms with Crippen LogP contribution in [-0.4, -0.2) is 59.0 Å². The van der Waals surface area contributed by atoms with Crippen molar-refractivity contribution >= 4 is 24.2 Å². The first kappa shape index (κ1) is 28.3. The minimum atomic E-state index is -1.63. The van der Waals surface area contributed by atoms with Crippen LogP contribution >= 0.6 is 0 Å². The van der Waals surface area contributed by atoms with Gasteiger partial charge in [-0.2, -0.15) is 0 Å². The van der Waals surface area contributed by atoms with Crippen molar-refractivity contribution in [3.8, 4) is 0 Å². The fraction of sp³-hybridized carbons (Fsp3) is 0.778. The molecule has 2 aliphatic carbocycles. The summed E-state index contributed by atoms with van der Waals surface area (Å²) in [6, 6.07) is 0. The van der Waals surface area contributed by atoms with Crippen molar-refractivity contribution in [3.05, 3.63) is 11.6 Å². The number of carbonyl (C=O) groups is 4.